The second-order valence-electron chi connectivity index (χ2n) is 29.5. The van der Waals surface area contributed by atoms with E-state index in [1.165, 1.54) is 139 Å². The van der Waals surface area contributed by atoms with E-state index in [2.05, 4.69) is 0 Å². The number of aromatic hydroxyl groups is 26. The molecule has 18 rings (SSSR count). The van der Waals surface area contributed by atoms with Crippen LogP contribution in [0.5, 0.6) is 172 Å². The summed E-state index contributed by atoms with van der Waals surface area (Å²) in [5, 5.41) is 251. The molecule has 708 valence electrons. The lowest BCUT2D eigenvalue weighted by Gasteiger charge is -2.10. The molecule has 6 aromatic heterocycles. The summed E-state index contributed by atoms with van der Waals surface area (Å²) < 4.78 is 52.8. The Morgan fingerprint density at radius 3 is 0.819 bits per heavy atom. The van der Waals surface area contributed by atoms with Crippen molar-refractivity contribution in [3.63, 3.8) is 0 Å². The molecule has 0 bridgehead atoms. The highest BCUT2D eigenvalue weighted by Crippen LogP contribution is 2.47. The standard InChI is InChI=1S/6C16H12O7/c1-6-2-7(3-11(19)13(6)20)16-15(22)14(21)8-4-9(17)10(18)5-12(8)23-16;1-22-12-3-2-7(4-11(12)19)16-15(21)14(20)8-5-9(17)10(18)6-13(8)23-16;1-22-13-4-7(2-3-9(13)17)16-15(21)14(20)8-5-10(18)11(19)6-12(8)23-16;1-22-13-5-8-12(6-11(13)19)23-16(15(21)14(8)20)7-2-3-9(17)10(18)4-7;1-22-16-14(21)8-5-11(19)12(20)6-13(8)23-15(16)7-2-3-9(17)10(18)4-7;1-6-12-11(5-10(19)13(6)20)23-16(15(22)14(12)21)7-2-3-8(17)9(18)4-7/h2-5,17-20,22H,1H3;3*2-6,17-19,21H,1H3;2-6,17-20H,1H3;2-5,17-20,22H,1H3. The number of methoxy groups -OCH3 is 4. The van der Waals surface area contributed by atoms with Crippen LogP contribution in [0.15, 0.2) is 225 Å². The Morgan fingerprint density at radius 2 is 0.457 bits per heavy atom. The molecule has 0 saturated carbocycles. The molecule has 0 aliphatic heterocycles. The van der Waals surface area contributed by atoms with Gasteiger partial charge in [-0.25, -0.2) is 0 Å². The van der Waals surface area contributed by atoms with Gasteiger partial charge in [0.15, 0.2) is 173 Å². The highest BCUT2D eigenvalue weighted by Gasteiger charge is 2.28. The number of fused-ring (bicyclic) bond motifs is 6. The Kier molecular flexibility index (Phi) is 26.1. The molecule has 138 heavy (non-hydrogen) atoms. The zero-order valence-electron chi connectivity index (χ0n) is 71.3. The number of ether oxygens (including phenoxy) is 4. The summed E-state index contributed by atoms with van der Waals surface area (Å²) in [5.41, 5.74) is -2.71. The third-order valence-corrected chi connectivity index (χ3v) is 20.7. The minimum absolute atomic E-state index is 0.00913. The number of rotatable bonds is 10. The van der Waals surface area contributed by atoms with Crippen LogP contribution in [0.2, 0.25) is 0 Å². The lowest BCUT2D eigenvalue weighted by Crippen LogP contribution is -2.07. The van der Waals surface area contributed by atoms with Gasteiger partial charge in [0.25, 0.3) is 0 Å². The molecule has 0 radical (unpaired) electrons. The second-order valence-corrected chi connectivity index (χ2v) is 29.5. The van der Waals surface area contributed by atoms with Crippen molar-refractivity contribution in [3.05, 3.63) is 242 Å². The lowest BCUT2D eigenvalue weighted by molar-refractivity contribution is 0.373. The van der Waals surface area contributed by atoms with E-state index in [0.717, 1.165) is 72.8 Å². The number of hydrogen-bond donors (Lipinski definition) is 26. The molecule has 0 unspecified atom stereocenters. The fraction of sp³-hybridized carbons (Fsp3) is 0.0625. The predicted octanol–water partition coefficient (Wildman–Crippen LogP) is 13.8. The van der Waals surface area contributed by atoms with Crippen LogP contribution in [-0.4, -0.2) is 161 Å². The summed E-state index contributed by atoms with van der Waals surface area (Å²) in [6, 6.07) is 34.0. The molecule has 26 N–H and O–H groups in total. The smallest absolute Gasteiger partial charge is 0.235 e. The normalized spacial score (nSPS) is 10.9. The Balaban J connectivity index is 0.000000140. The Bertz CT molecular complexity index is 8380. The first kappa shape index (κ1) is 95.5. The first-order chi connectivity index (χ1) is 65.3. The van der Waals surface area contributed by atoms with Crippen molar-refractivity contribution < 1.29 is 178 Å². The van der Waals surface area contributed by atoms with Gasteiger partial charge >= 0.3 is 0 Å². The van der Waals surface area contributed by atoms with Crippen LogP contribution < -0.4 is 51.5 Å². The fourth-order valence-electron chi connectivity index (χ4n) is 13.6. The number of hydrogen-bond acceptors (Lipinski definition) is 42. The van der Waals surface area contributed by atoms with Crippen molar-refractivity contribution in [1.29, 1.82) is 0 Å². The Labute approximate surface area is 765 Å². The van der Waals surface area contributed by atoms with E-state index in [9.17, 15) is 162 Å². The topological polar surface area (TPSA) is 744 Å². The molecule has 0 aliphatic carbocycles. The van der Waals surface area contributed by atoms with Gasteiger partial charge < -0.3 is 178 Å². The van der Waals surface area contributed by atoms with Gasteiger partial charge in [-0.2, -0.15) is 0 Å². The van der Waals surface area contributed by atoms with E-state index in [0.29, 0.717) is 16.7 Å². The molecule has 18 aromatic rings. The molecular weight excluding hydrogens is 1830 g/mol. The van der Waals surface area contributed by atoms with E-state index in [1.807, 2.05) is 0 Å². The lowest BCUT2D eigenvalue weighted by atomic mass is 10.1. The average molecular weight is 1900 g/mol. The molecule has 6 heterocycles. The summed E-state index contributed by atoms with van der Waals surface area (Å²) in [5.74, 6) is -12.4. The van der Waals surface area contributed by atoms with Crippen LogP contribution in [0.4, 0.5) is 0 Å². The van der Waals surface area contributed by atoms with Crippen LogP contribution in [-0.2, 0) is 0 Å². The Morgan fingerprint density at radius 1 is 0.196 bits per heavy atom. The van der Waals surface area contributed by atoms with E-state index in [4.69, 9.17) is 45.5 Å². The van der Waals surface area contributed by atoms with Gasteiger partial charge in [0.05, 0.1) is 60.8 Å². The second kappa shape index (κ2) is 37.8. The number of aryl methyl sites for hydroxylation is 2. The van der Waals surface area contributed by atoms with Crippen molar-refractivity contribution in [3.8, 4) is 240 Å². The monoisotopic (exact) mass is 1900 g/mol. The summed E-state index contributed by atoms with van der Waals surface area (Å²) in [6.45, 7) is 2.93. The summed E-state index contributed by atoms with van der Waals surface area (Å²) in [7, 11) is 5.35. The first-order valence-corrected chi connectivity index (χ1v) is 39.1. The van der Waals surface area contributed by atoms with Crippen LogP contribution >= 0.6 is 0 Å². The molecule has 0 aliphatic rings. The van der Waals surface area contributed by atoms with Crippen LogP contribution in [0.3, 0.4) is 0 Å². The highest BCUT2D eigenvalue weighted by atomic mass is 16.5. The number of benzene rings is 12. The molecule has 0 atom stereocenters. The van der Waals surface area contributed by atoms with Crippen molar-refractivity contribution in [2.24, 2.45) is 0 Å². The van der Waals surface area contributed by atoms with E-state index < -0.39 is 136 Å². The van der Waals surface area contributed by atoms with Crippen LogP contribution in [0.1, 0.15) is 11.1 Å². The van der Waals surface area contributed by atoms with Gasteiger partial charge in [0, 0.05) is 75.3 Å². The minimum Gasteiger partial charge on any atom is -0.504 e. The summed E-state index contributed by atoms with van der Waals surface area (Å²) in [6.07, 6.45) is 0. The predicted molar refractivity (Wildman–Crippen MR) is 486 cm³/mol. The maximum Gasteiger partial charge on any atom is 0.235 e. The maximum absolute atomic E-state index is 12.5. The minimum atomic E-state index is -0.804. The summed E-state index contributed by atoms with van der Waals surface area (Å²) in [4.78, 5) is 73.8. The van der Waals surface area contributed by atoms with E-state index in [-0.39, 0.29) is 197 Å². The SMILES string of the molecule is COc1c(-c2ccc(O)c(O)c2)oc2cc(O)c(O)cc2c1=O.COc1cc(-c2oc3cc(O)c(O)cc3c(=O)c2O)ccc1O.COc1cc2c(=O)c(O)c(-c3ccc(O)c(O)c3)oc2cc1O.COc1ccc(-c2oc3cc(O)c(O)cc3c(=O)c2O)cc1O.Cc1c(O)c(O)cc2oc(-c3ccc(O)c(O)c3)c(O)c(=O)c12.Cc1cc(-c2oc3cc(O)c(O)cc3c(=O)c2O)cc(O)c1O. The third-order valence-electron chi connectivity index (χ3n) is 20.7. The Hall–Kier alpha value is -20.1. The van der Waals surface area contributed by atoms with Gasteiger partial charge in [-0.15, -0.1) is 0 Å². The van der Waals surface area contributed by atoms with Crippen LogP contribution in [0.25, 0.3) is 134 Å². The zero-order chi connectivity index (χ0) is 101. The van der Waals surface area contributed by atoms with Crippen LogP contribution in [0, 0.1) is 13.8 Å². The summed E-state index contributed by atoms with van der Waals surface area (Å²) >= 11 is 0. The molecular formula is C96H72O42. The van der Waals surface area contributed by atoms with Gasteiger partial charge in [0.1, 0.15) is 33.5 Å². The third kappa shape index (κ3) is 18.3. The molecule has 42 heteroatoms. The molecule has 0 saturated heterocycles. The van der Waals surface area contributed by atoms with Crippen molar-refractivity contribution >= 4 is 65.8 Å². The number of phenols is 21. The maximum atomic E-state index is 12.5. The van der Waals surface area contributed by atoms with Crippen molar-refractivity contribution in [1.82, 2.24) is 0 Å². The largest absolute Gasteiger partial charge is 0.504 e. The molecule has 0 spiro atoms. The number of phenolic OH excluding ortho intramolecular Hbond substituents is 21. The van der Waals surface area contributed by atoms with Gasteiger partial charge in [0.2, 0.25) is 67.1 Å². The highest BCUT2D eigenvalue weighted by molar-refractivity contribution is 5.92. The molecule has 0 fully saturated rings. The first-order valence-electron chi connectivity index (χ1n) is 39.1. The van der Waals surface area contributed by atoms with Gasteiger partial charge in [-0.3, -0.25) is 28.8 Å². The molecule has 12 aromatic carbocycles. The van der Waals surface area contributed by atoms with E-state index >= 15 is 0 Å². The zero-order valence-corrected chi connectivity index (χ0v) is 71.3. The van der Waals surface area contributed by atoms with Gasteiger partial charge in [-0.1, -0.05) is 0 Å². The van der Waals surface area contributed by atoms with Crippen molar-refractivity contribution in [2.45, 2.75) is 13.8 Å². The van der Waals surface area contributed by atoms with E-state index in [1.54, 1.807) is 0 Å². The van der Waals surface area contributed by atoms with Crippen molar-refractivity contribution in [2.75, 3.05) is 28.4 Å². The fourth-order valence-corrected chi connectivity index (χ4v) is 13.6. The average Bonchev–Trinajstić information content (AvgIpc) is 0.877. The van der Waals surface area contributed by atoms with Gasteiger partial charge in [-0.05, 0) is 153 Å². The molecule has 0 amide bonds. The quantitative estimate of drug-likeness (QED) is 0.0565. The molecule has 42 nitrogen and oxygen atoms in total.